The predicted molar refractivity (Wildman–Crippen MR) is 59.1 cm³/mol. The van der Waals surface area contributed by atoms with Crippen molar-refractivity contribution in [2.75, 3.05) is 0 Å². The summed E-state index contributed by atoms with van der Waals surface area (Å²) in [4.78, 5) is 10.8. The fraction of sp³-hybridized carbons (Fsp3) is 0.182. The van der Waals surface area contributed by atoms with Crippen molar-refractivity contribution in [2.45, 2.75) is 12.5 Å². The molecule has 2 rings (SSSR count). The molecule has 0 saturated carbocycles. The van der Waals surface area contributed by atoms with Crippen LogP contribution in [0.25, 0.3) is 0 Å². The van der Waals surface area contributed by atoms with Crippen LogP contribution in [0.1, 0.15) is 18.0 Å². The number of nitrogens with zero attached hydrogens (tertiary/aromatic N) is 1. The van der Waals surface area contributed by atoms with Crippen LogP contribution in [0.4, 0.5) is 0 Å². The third kappa shape index (κ3) is 2.27. The van der Waals surface area contributed by atoms with Crippen LogP contribution in [0.3, 0.4) is 0 Å². The standard InChI is InChI=1S/C11H11NO2S/c13-11(14)7-10(9-3-6-15-8-9)12-4-1-2-5-12/h1-6,8,10H,7H2,(H,13,14)/t10-/m0/s1. The van der Waals surface area contributed by atoms with Gasteiger partial charge in [-0.1, -0.05) is 0 Å². The van der Waals surface area contributed by atoms with Crippen LogP contribution in [0.2, 0.25) is 0 Å². The van der Waals surface area contributed by atoms with Gasteiger partial charge in [-0.25, -0.2) is 0 Å². The molecule has 1 atom stereocenters. The van der Waals surface area contributed by atoms with Gasteiger partial charge in [-0.2, -0.15) is 11.3 Å². The zero-order valence-corrected chi connectivity index (χ0v) is 8.85. The molecule has 0 bridgehead atoms. The zero-order chi connectivity index (χ0) is 10.7. The molecule has 0 aliphatic heterocycles. The van der Waals surface area contributed by atoms with Gasteiger partial charge in [-0.15, -0.1) is 0 Å². The molecule has 1 N–H and O–H groups in total. The first-order chi connectivity index (χ1) is 7.27. The van der Waals surface area contributed by atoms with E-state index >= 15 is 0 Å². The van der Waals surface area contributed by atoms with Gasteiger partial charge in [0.25, 0.3) is 0 Å². The molecule has 3 nitrogen and oxygen atoms in total. The largest absolute Gasteiger partial charge is 0.481 e. The number of hydrogen-bond donors (Lipinski definition) is 1. The van der Waals surface area contributed by atoms with Gasteiger partial charge in [-0.3, -0.25) is 4.79 Å². The number of aliphatic carboxylic acids is 1. The van der Waals surface area contributed by atoms with Gasteiger partial charge in [0.2, 0.25) is 0 Å². The van der Waals surface area contributed by atoms with E-state index in [-0.39, 0.29) is 12.5 Å². The summed E-state index contributed by atoms with van der Waals surface area (Å²) in [6.07, 6.45) is 3.90. The summed E-state index contributed by atoms with van der Waals surface area (Å²) in [5, 5.41) is 12.8. The van der Waals surface area contributed by atoms with Gasteiger partial charge in [0.1, 0.15) is 0 Å². The second-order valence-electron chi connectivity index (χ2n) is 3.30. The maximum atomic E-state index is 10.8. The van der Waals surface area contributed by atoms with Crippen molar-refractivity contribution < 1.29 is 9.90 Å². The Balaban J connectivity index is 2.29. The van der Waals surface area contributed by atoms with Crippen molar-refractivity contribution in [2.24, 2.45) is 0 Å². The first kappa shape index (κ1) is 9.98. The molecular formula is C11H11NO2S. The Morgan fingerprint density at radius 2 is 2.20 bits per heavy atom. The molecule has 0 saturated heterocycles. The highest BCUT2D eigenvalue weighted by atomic mass is 32.1. The molecule has 2 heterocycles. The Bertz CT molecular complexity index is 385. The van der Waals surface area contributed by atoms with Crippen molar-refractivity contribution in [3.63, 3.8) is 0 Å². The zero-order valence-electron chi connectivity index (χ0n) is 8.04. The molecule has 0 spiro atoms. The smallest absolute Gasteiger partial charge is 0.305 e. The highest BCUT2D eigenvalue weighted by molar-refractivity contribution is 7.07. The highest BCUT2D eigenvalue weighted by Gasteiger charge is 2.16. The lowest BCUT2D eigenvalue weighted by atomic mass is 10.1. The molecule has 0 radical (unpaired) electrons. The molecule has 0 amide bonds. The van der Waals surface area contributed by atoms with Gasteiger partial charge in [0, 0.05) is 12.4 Å². The molecule has 0 aromatic carbocycles. The first-order valence-electron chi connectivity index (χ1n) is 4.63. The van der Waals surface area contributed by atoms with Crippen molar-refractivity contribution >= 4 is 17.3 Å². The van der Waals surface area contributed by atoms with Crippen molar-refractivity contribution in [1.82, 2.24) is 4.57 Å². The van der Waals surface area contributed by atoms with Crippen LogP contribution >= 0.6 is 11.3 Å². The molecule has 15 heavy (non-hydrogen) atoms. The number of carbonyl (C=O) groups is 1. The summed E-state index contributed by atoms with van der Waals surface area (Å²) in [6.45, 7) is 0. The van der Waals surface area contributed by atoms with E-state index in [1.165, 1.54) is 0 Å². The summed E-state index contributed by atoms with van der Waals surface area (Å²) >= 11 is 1.59. The van der Waals surface area contributed by atoms with Gasteiger partial charge in [-0.05, 0) is 34.5 Å². The number of carboxylic acid groups (broad SMARTS) is 1. The predicted octanol–water partition coefficient (Wildman–Crippen LogP) is 2.61. The Morgan fingerprint density at radius 1 is 1.47 bits per heavy atom. The van der Waals surface area contributed by atoms with Crippen LogP contribution in [0.5, 0.6) is 0 Å². The summed E-state index contributed by atoms with van der Waals surface area (Å²) < 4.78 is 1.93. The maximum Gasteiger partial charge on any atom is 0.305 e. The van der Waals surface area contributed by atoms with Gasteiger partial charge < -0.3 is 9.67 Å². The molecule has 2 aromatic heterocycles. The van der Waals surface area contributed by atoms with E-state index in [9.17, 15) is 4.79 Å². The van der Waals surface area contributed by atoms with Gasteiger partial charge >= 0.3 is 5.97 Å². The molecule has 2 aromatic rings. The lowest BCUT2D eigenvalue weighted by molar-refractivity contribution is -0.137. The Hall–Kier alpha value is -1.55. The van der Waals surface area contributed by atoms with Crippen molar-refractivity contribution in [1.29, 1.82) is 0 Å². The molecule has 0 aliphatic carbocycles. The van der Waals surface area contributed by atoms with Crippen molar-refractivity contribution in [3.8, 4) is 0 Å². The number of thiophene rings is 1. The molecule has 0 aliphatic rings. The lowest BCUT2D eigenvalue weighted by Gasteiger charge is -2.15. The average Bonchev–Trinajstić information content (AvgIpc) is 2.87. The Morgan fingerprint density at radius 3 is 2.73 bits per heavy atom. The summed E-state index contributed by atoms with van der Waals surface area (Å²) in [7, 11) is 0. The van der Waals surface area contributed by atoms with Crippen LogP contribution in [-0.2, 0) is 4.79 Å². The van der Waals surface area contributed by atoms with E-state index in [1.807, 2.05) is 45.9 Å². The van der Waals surface area contributed by atoms with E-state index in [0.717, 1.165) is 5.56 Å². The third-order valence-electron chi connectivity index (χ3n) is 2.28. The minimum atomic E-state index is -0.778. The molecule has 78 valence electrons. The second-order valence-corrected chi connectivity index (χ2v) is 4.08. The minimum absolute atomic E-state index is 0.0938. The average molecular weight is 221 g/mol. The number of rotatable bonds is 4. The van der Waals surface area contributed by atoms with E-state index in [1.54, 1.807) is 11.3 Å². The SMILES string of the molecule is O=C(O)C[C@@H](c1ccsc1)n1cccc1. The fourth-order valence-electron chi connectivity index (χ4n) is 1.58. The van der Waals surface area contributed by atoms with E-state index in [0.29, 0.717) is 0 Å². The monoisotopic (exact) mass is 221 g/mol. The Kier molecular flexibility index (Phi) is 2.87. The quantitative estimate of drug-likeness (QED) is 0.862. The lowest BCUT2D eigenvalue weighted by Crippen LogP contribution is -2.12. The van der Waals surface area contributed by atoms with Crippen LogP contribution in [-0.4, -0.2) is 15.6 Å². The summed E-state index contributed by atoms with van der Waals surface area (Å²) in [5.74, 6) is -0.778. The molecule has 0 unspecified atom stereocenters. The van der Waals surface area contributed by atoms with Gasteiger partial charge in [0.15, 0.2) is 0 Å². The summed E-state index contributed by atoms with van der Waals surface area (Å²) in [5.41, 5.74) is 1.05. The fourth-order valence-corrected chi connectivity index (χ4v) is 2.29. The molecule has 4 heteroatoms. The normalized spacial score (nSPS) is 12.5. The van der Waals surface area contributed by atoms with Crippen LogP contribution in [0.15, 0.2) is 41.4 Å². The molecule has 0 fully saturated rings. The topological polar surface area (TPSA) is 42.2 Å². The third-order valence-corrected chi connectivity index (χ3v) is 2.98. The van der Waals surface area contributed by atoms with E-state index < -0.39 is 5.97 Å². The van der Waals surface area contributed by atoms with Crippen LogP contribution < -0.4 is 0 Å². The summed E-state index contributed by atoms with van der Waals surface area (Å²) in [6, 6.07) is 5.68. The van der Waals surface area contributed by atoms with E-state index in [2.05, 4.69) is 0 Å². The number of hydrogen-bond acceptors (Lipinski definition) is 2. The second kappa shape index (κ2) is 4.31. The minimum Gasteiger partial charge on any atom is -0.481 e. The van der Waals surface area contributed by atoms with Crippen molar-refractivity contribution in [3.05, 3.63) is 46.9 Å². The van der Waals surface area contributed by atoms with Gasteiger partial charge in [0.05, 0.1) is 12.5 Å². The molecular weight excluding hydrogens is 210 g/mol. The van der Waals surface area contributed by atoms with Crippen LogP contribution in [0, 0.1) is 0 Å². The maximum absolute atomic E-state index is 10.8. The number of carboxylic acids is 1. The number of aromatic nitrogens is 1. The van der Waals surface area contributed by atoms with E-state index in [4.69, 9.17) is 5.11 Å². The first-order valence-corrected chi connectivity index (χ1v) is 5.58. The highest BCUT2D eigenvalue weighted by Crippen LogP contribution is 2.24. The Labute approximate surface area is 91.6 Å².